The summed E-state index contributed by atoms with van der Waals surface area (Å²) in [7, 11) is 0. The van der Waals surface area contributed by atoms with Gasteiger partial charge >= 0.3 is 0 Å². The SMILES string of the molecule is O=C(NCc1cccnc1)c1ccc(N2CCOCC2)nn1. The van der Waals surface area contributed by atoms with Crippen LogP contribution in [0.1, 0.15) is 16.1 Å². The average molecular weight is 299 g/mol. The second-order valence-electron chi connectivity index (χ2n) is 4.92. The lowest BCUT2D eigenvalue weighted by atomic mass is 10.3. The molecule has 1 saturated heterocycles. The molecule has 0 radical (unpaired) electrons. The number of ether oxygens (including phenoxy) is 1. The minimum Gasteiger partial charge on any atom is -0.378 e. The van der Waals surface area contributed by atoms with Crippen molar-refractivity contribution in [1.29, 1.82) is 0 Å². The highest BCUT2D eigenvalue weighted by molar-refractivity contribution is 5.92. The summed E-state index contributed by atoms with van der Waals surface area (Å²) in [4.78, 5) is 18.1. The Balaban J connectivity index is 1.58. The minimum absolute atomic E-state index is 0.245. The van der Waals surface area contributed by atoms with Gasteiger partial charge in [-0.25, -0.2) is 0 Å². The molecule has 1 N–H and O–H groups in total. The fraction of sp³-hybridized carbons (Fsp3) is 0.333. The fourth-order valence-electron chi connectivity index (χ4n) is 2.18. The lowest BCUT2D eigenvalue weighted by Gasteiger charge is -2.27. The van der Waals surface area contributed by atoms with Crippen molar-refractivity contribution < 1.29 is 9.53 Å². The molecule has 1 aliphatic rings. The first kappa shape index (κ1) is 14.4. The molecular formula is C15H17N5O2. The standard InChI is InChI=1S/C15H17N5O2/c21-15(17-11-12-2-1-5-16-10-12)13-3-4-14(19-18-13)20-6-8-22-9-7-20/h1-5,10H,6-9,11H2,(H,17,21). The van der Waals surface area contributed by atoms with Gasteiger partial charge in [0.15, 0.2) is 11.5 Å². The molecule has 2 aromatic heterocycles. The van der Waals surface area contributed by atoms with E-state index < -0.39 is 0 Å². The molecule has 0 aliphatic carbocycles. The van der Waals surface area contributed by atoms with E-state index in [0.717, 1.165) is 24.5 Å². The van der Waals surface area contributed by atoms with Crippen LogP contribution in [0.15, 0.2) is 36.7 Å². The number of pyridine rings is 1. The van der Waals surface area contributed by atoms with Gasteiger partial charge in [0.1, 0.15) is 0 Å². The number of hydrogen-bond donors (Lipinski definition) is 1. The molecule has 22 heavy (non-hydrogen) atoms. The van der Waals surface area contributed by atoms with Gasteiger partial charge in [-0.15, -0.1) is 10.2 Å². The number of aromatic nitrogens is 3. The molecule has 0 spiro atoms. The van der Waals surface area contributed by atoms with E-state index in [4.69, 9.17) is 4.74 Å². The van der Waals surface area contributed by atoms with Crippen molar-refractivity contribution in [2.45, 2.75) is 6.54 Å². The van der Waals surface area contributed by atoms with Crippen LogP contribution in [0, 0.1) is 0 Å². The number of carbonyl (C=O) groups is 1. The zero-order chi connectivity index (χ0) is 15.2. The van der Waals surface area contributed by atoms with Crippen LogP contribution >= 0.6 is 0 Å². The van der Waals surface area contributed by atoms with Crippen molar-refractivity contribution in [2.75, 3.05) is 31.2 Å². The van der Waals surface area contributed by atoms with E-state index in [1.807, 2.05) is 18.2 Å². The molecule has 3 heterocycles. The van der Waals surface area contributed by atoms with Gasteiger partial charge in [-0.05, 0) is 23.8 Å². The van der Waals surface area contributed by atoms with Gasteiger partial charge in [-0.1, -0.05) is 6.07 Å². The summed E-state index contributed by atoms with van der Waals surface area (Å²) in [5.41, 5.74) is 1.25. The number of nitrogens with one attached hydrogen (secondary N) is 1. The van der Waals surface area contributed by atoms with Gasteiger partial charge in [0.2, 0.25) is 0 Å². The van der Waals surface area contributed by atoms with E-state index in [1.165, 1.54) is 0 Å². The van der Waals surface area contributed by atoms with Crippen LogP contribution in [0.5, 0.6) is 0 Å². The molecule has 3 rings (SSSR count). The topological polar surface area (TPSA) is 80.2 Å². The van der Waals surface area contributed by atoms with Gasteiger partial charge in [-0.2, -0.15) is 0 Å². The first-order valence-electron chi connectivity index (χ1n) is 7.16. The van der Waals surface area contributed by atoms with E-state index in [2.05, 4.69) is 25.4 Å². The third-order valence-electron chi connectivity index (χ3n) is 3.39. The molecular weight excluding hydrogens is 282 g/mol. The third-order valence-corrected chi connectivity index (χ3v) is 3.39. The van der Waals surface area contributed by atoms with Crippen LogP contribution in [0.3, 0.4) is 0 Å². The molecule has 1 amide bonds. The molecule has 0 saturated carbocycles. The number of nitrogens with zero attached hydrogens (tertiary/aromatic N) is 4. The lowest BCUT2D eigenvalue weighted by molar-refractivity contribution is 0.0944. The van der Waals surface area contributed by atoms with Gasteiger partial charge in [-0.3, -0.25) is 9.78 Å². The normalized spacial score (nSPS) is 14.6. The lowest BCUT2D eigenvalue weighted by Crippen LogP contribution is -2.37. The highest BCUT2D eigenvalue weighted by Crippen LogP contribution is 2.11. The second-order valence-corrected chi connectivity index (χ2v) is 4.92. The molecule has 1 fully saturated rings. The maximum Gasteiger partial charge on any atom is 0.272 e. The van der Waals surface area contributed by atoms with Crippen LogP contribution in [-0.2, 0) is 11.3 Å². The maximum absolute atomic E-state index is 12.0. The summed E-state index contributed by atoms with van der Waals surface area (Å²) < 4.78 is 5.30. The van der Waals surface area contributed by atoms with Crippen LogP contribution in [-0.4, -0.2) is 47.4 Å². The fourth-order valence-corrected chi connectivity index (χ4v) is 2.18. The highest BCUT2D eigenvalue weighted by Gasteiger charge is 2.14. The van der Waals surface area contributed by atoms with Crippen LogP contribution in [0.2, 0.25) is 0 Å². The Morgan fingerprint density at radius 2 is 2.09 bits per heavy atom. The van der Waals surface area contributed by atoms with Gasteiger partial charge in [0.05, 0.1) is 13.2 Å². The Morgan fingerprint density at radius 3 is 2.77 bits per heavy atom. The molecule has 2 aromatic rings. The summed E-state index contributed by atoms with van der Waals surface area (Å²) in [6, 6.07) is 7.24. The quantitative estimate of drug-likeness (QED) is 0.892. The Bertz CT molecular complexity index is 612. The zero-order valence-corrected chi connectivity index (χ0v) is 12.1. The molecule has 0 atom stereocenters. The molecule has 7 heteroatoms. The van der Waals surface area contributed by atoms with Crippen molar-refractivity contribution in [3.05, 3.63) is 47.9 Å². The van der Waals surface area contributed by atoms with Crippen molar-refractivity contribution in [2.24, 2.45) is 0 Å². The number of hydrogen-bond acceptors (Lipinski definition) is 6. The first-order chi connectivity index (χ1) is 10.8. The number of anilines is 1. The average Bonchev–Trinajstić information content (AvgIpc) is 2.61. The summed E-state index contributed by atoms with van der Waals surface area (Å²) in [6.45, 7) is 3.38. The molecule has 7 nitrogen and oxygen atoms in total. The molecule has 0 unspecified atom stereocenters. The van der Waals surface area contributed by atoms with Crippen molar-refractivity contribution in [3.8, 4) is 0 Å². The number of morpholine rings is 1. The highest BCUT2D eigenvalue weighted by atomic mass is 16.5. The smallest absolute Gasteiger partial charge is 0.272 e. The van der Waals surface area contributed by atoms with Gasteiger partial charge < -0.3 is 15.0 Å². The zero-order valence-electron chi connectivity index (χ0n) is 12.1. The van der Waals surface area contributed by atoms with E-state index in [9.17, 15) is 4.79 Å². The van der Waals surface area contributed by atoms with E-state index >= 15 is 0 Å². The maximum atomic E-state index is 12.0. The predicted molar refractivity (Wildman–Crippen MR) is 80.5 cm³/mol. The third kappa shape index (κ3) is 3.56. The van der Waals surface area contributed by atoms with E-state index in [0.29, 0.717) is 25.5 Å². The van der Waals surface area contributed by atoms with E-state index in [1.54, 1.807) is 18.5 Å². The number of rotatable bonds is 4. The molecule has 0 bridgehead atoms. The Kier molecular flexibility index (Phi) is 4.55. The summed E-state index contributed by atoms with van der Waals surface area (Å²) >= 11 is 0. The van der Waals surface area contributed by atoms with Crippen LogP contribution in [0.25, 0.3) is 0 Å². The Morgan fingerprint density at radius 1 is 1.23 bits per heavy atom. The van der Waals surface area contributed by atoms with Crippen molar-refractivity contribution in [3.63, 3.8) is 0 Å². The van der Waals surface area contributed by atoms with Gasteiger partial charge in [0, 0.05) is 32.0 Å². The number of carbonyl (C=O) groups excluding carboxylic acids is 1. The van der Waals surface area contributed by atoms with E-state index in [-0.39, 0.29) is 5.91 Å². The largest absolute Gasteiger partial charge is 0.378 e. The van der Waals surface area contributed by atoms with Crippen molar-refractivity contribution >= 4 is 11.7 Å². The second kappa shape index (κ2) is 6.95. The Labute approximate surface area is 128 Å². The minimum atomic E-state index is -0.245. The predicted octanol–water partition coefficient (Wildman–Crippen LogP) is 0.638. The molecule has 1 aliphatic heterocycles. The van der Waals surface area contributed by atoms with Crippen molar-refractivity contribution in [1.82, 2.24) is 20.5 Å². The first-order valence-corrected chi connectivity index (χ1v) is 7.16. The summed E-state index contributed by atoms with van der Waals surface area (Å²) in [6.07, 6.45) is 3.41. The van der Waals surface area contributed by atoms with Crippen LogP contribution < -0.4 is 10.2 Å². The molecule has 0 aromatic carbocycles. The van der Waals surface area contributed by atoms with Gasteiger partial charge in [0.25, 0.3) is 5.91 Å². The molecule has 114 valence electrons. The summed E-state index contributed by atoms with van der Waals surface area (Å²) in [5, 5.41) is 10.9. The Hall–Kier alpha value is -2.54. The number of amides is 1. The summed E-state index contributed by atoms with van der Waals surface area (Å²) in [5.74, 6) is 0.525. The monoisotopic (exact) mass is 299 g/mol. The van der Waals surface area contributed by atoms with Crippen LogP contribution in [0.4, 0.5) is 5.82 Å².